The zero-order valence-corrected chi connectivity index (χ0v) is 12.7. The van der Waals surface area contributed by atoms with Crippen LogP contribution in [0.4, 0.5) is 5.69 Å². The van der Waals surface area contributed by atoms with E-state index < -0.39 is 10.0 Å². The van der Waals surface area contributed by atoms with Gasteiger partial charge in [0.15, 0.2) is 0 Å². The van der Waals surface area contributed by atoms with Crippen LogP contribution in [0.25, 0.3) is 0 Å². The fourth-order valence-electron chi connectivity index (χ4n) is 1.75. The molecular weight excluding hydrogens is 292 g/mol. The van der Waals surface area contributed by atoms with E-state index in [1.807, 2.05) is 6.92 Å². The molecule has 0 bridgehead atoms. The van der Waals surface area contributed by atoms with E-state index in [1.54, 1.807) is 25.2 Å². The molecule has 0 amide bonds. The van der Waals surface area contributed by atoms with Crippen molar-refractivity contribution in [2.24, 2.45) is 0 Å². The molecule has 0 aliphatic heterocycles. The molecule has 0 fully saturated rings. The van der Waals surface area contributed by atoms with E-state index in [-0.39, 0.29) is 4.90 Å². The lowest BCUT2D eigenvalue weighted by molar-refractivity contribution is 0.327. The molecule has 2 aromatic heterocycles. The number of aromatic nitrogens is 2. The molecule has 7 nitrogen and oxygen atoms in total. The first-order chi connectivity index (χ1) is 10.0. The van der Waals surface area contributed by atoms with E-state index >= 15 is 0 Å². The number of sulfonamides is 1. The molecule has 0 saturated heterocycles. The SMILES string of the molecule is CCOc1ccc(NS(=O)(=O)c2c[nH]c(CNC)c2)cn1. The number of rotatable bonds is 7. The van der Waals surface area contributed by atoms with Crippen LogP contribution in [0.2, 0.25) is 0 Å². The number of nitrogens with one attached hydrogen (secondary N) is 3. The van der Waals surface area contributed by atoms with Gasteiger partial charge >= 0.3 is 0 Å². The molecule has 0 unspecified atom stereocenters. The van der Waals surface area contributed by atoms with Crippen molar-refractivity contribution in [2.45, 2.75) is 18.4 Å². The molecule has 0 radical (unpaired) electrons. The van der Waals surface area contributed by atoms with E-state index in [1.165, 1.54) is 12.4 Å². The molecule has 0 atom stereocenters. The molecule has 3 N–H and O–H groups in total. The van der Waals surface area contributed by atoms with Crippen LogP contribution in [-0.4, -0.2) is 32.0 Å². The number of anilines is 1. The van der Waals surface area contributed by atoms with Gasteiger partial charge in [-0.3, -0.25) is 4.72 Å². The summed E-state index contributed by atoms with van der Waals surface area (Å²) in [4.78, 5) is 7.10. The molecular formula is C13H18N4O3S. The number of aromatic amines is 1. The highest BCUT2D eigenvalue weighted by atomic mass is 32.2. The molecule has 2 heterocycles. The van der Waals surface area contributed by atoms with Crippen LogP contribution in [0, 0.1) is 0 Å². The van der Waals surface area contributed by atoms with E-state index in [9.17, 15) is 8.42 Å². The Morgan fingerprint density at radius 3 is 2.81 bits per heavy atom. The summed E-state index contributed by atoms with van der Waals surface area (Å²) in [5.41, 5.74) is 1.18. The summed E-state index contributed by atoms with van der Waals surface area (Å²) in [7, 11) is -1.84. The van der Waals surface area contributed by atoms with E-state index in [4.69, 9.17) is 4.74 Å². The maximum atomic E-state index is 12.2. The molecule has 21 heavy (non-hydrogen) atoms. The van der Waals surface area contributed by atoms with Gasteiger partial charge < -0.3 is 15.0 Å². The molecule has 2 aromatic rings. The zero-order valence-electron chi connectivity index (χ0n) is 11.9. The van der Waals surface area contributed by atoms with Gasteiger partial charge in [-0.15, -0.1) is 0 Å². The Kier molecular flexibility index (Phi) is 4.81. The van der Waals surface area contributed by atoms with Crippen LogP contribution >= 0.6 is 0 Å². The van der Waals surface area contributed by atoms with Crippen molar-refractivity contribution in [1.82, 2.24) is 15.3 Å². The third-order valence-electron chi connectivity index (χ3n) is 2.67. The second-order valence-corrected chi connectivity index (χ2v) is 6.00. The summed E-state index contributed by atoms with van der Waals surface area (Å²) in [6.45, 7) is 2.93. The quantitative estimate of drug-likeness (QED) is 0.717. The number of pyridine rings is 1. The summed E-state index contributed by atoms with van der Waals surface area (Å²) in [5, 5.41) is 2.95. The van der Waals surface area contributed by atoms with Gasteiger partial charge in [-0.05, 0) is 26.1 Å². The van der Waals surface area contributed by atoms with E-state index in [0.717, 1.165) is 5.69 Å². The molecule has 2 rings (SSSR count). The van der Waals surface area contributed by atoms with Crippen molar-refractivity contribution < 1.29 is 13.2 Å². The van der Waals surface area contributed by atoms with Crippen molar-refractivity contribution in [2.75, 3.05) is 18.4 Å². The Bertz CT molecular complexity index is 680. The van der Waals surface area contributed by atoms with Gasteiger partial charge in [-0.1, -0.05) is 0 Å². The van der Waals surface area contributed by atoms with Gasteiger partial charge in [0.1, 0.15) is 4.90 Å². The Hall–Kier alpha value is -2.06. The van der Waals surface area contributed by atoms with Gasteiger partial charge in [-0.25, -0.2) is 13.4 Å². The molecule has 0 spiro atoms. The topological polar surface area (TPSA) is 96.1 Å². The molecule has 0 aliphatic rings. The van der Waals surface area contributed by atoms with Crippen LogP contribution < -0.4 is 14.8 Å². The van der Waals surface area contributed by atoms with Crippen molar-refractivity contribution in [3.63, 3.8) is 0 Å². The van der Waals surface area contributed by atoms with Crippen molar-refractivity contribution >= 4 is 15.7 Å². The third kappa shape index (κ3) is 3.96. The summed E-state index contributed by atoms with van der Waals surface area (Å²) in [6, 6.07) is 4.81. The minimum absolute atomic E-state index is 0.182. The Morgan fingerprint density at radius 1 is 1.38 bits per heavy atom. The number of nitrogens with zero attached hydrogens (tertiary/aromatic N) is 1. The van der Waals surface area contributed by atoms with Gasteiger partial charge in [0, 0.05) is 24.5 Å². The van der Waals surface area contributed by atoms with E-state index in [0.29, 0.717) is 24.7 Å². The normalized spacial score (nSPS) is 11.3. The van der Waals surface area contributed by atoms with Gasteiger partial charge in [0.25, 0.3) is 10.0 Å². The monoisotopic (exact) mass is 310 g/mol. The maximum absolute atomic E-state index is 12.2. The van der Waals surface area contributed by atoms with Crippen LogP contribution in [0.15, 0.2) is 35.5 Å². The average molecular weight is 310 g/mol. The molecule has 0 aromatic carbocycles. The minimum Gasteiger partial charge on any atom is -0.478 e. The average Bonchev–Trinajstić information content (AvgIpc) is 2.91. The largest absolute Gasteiger partial charge is 0.478 e. The fraction of sp³-hybridized carbons (Fsp3) is 0.308. The Balaban J connectivity index is 2.12. The summed E-state index contributed by atoms with van der Waals surface area (Å²) >= 11 is 0. The maximum Gasteiger partial charge on any atom is 0.263 e. The first kappa shape index (κ1) is 15.3. The number of hydrogen-bond donors (Lipinski definition) is 3. The summed E-state index contributed by atoms with van der Waals surface area (Å²) in [5.74, 6) is 0.457. The highest BCUT2D eigenvalue weighted by molar-refractivity contribution is 7.92. The predicted molar refractivity (Wildman–Crippen MR) is 79.8 cm³/mol. The zero-order chi connectivity index (χ0) is 15.3. The minimum atomic E-state index is -3.63. The highest BCUT2D eigenvalue weighted by Crippen LogP contribution is 2.18. The lowest BCUT2D eigenvalue weighted by atomic mass is 10.4. The first-order valence-corrected chi connectivity index (χ1v) is 7.97. The van der Waals surface area contributed by atoms with Crippen LogP contribution in [0.3, 0.4) is 0 Å². The standard InChI is InChI=1S/C13H18N4O3S/c1-3-20-13-5-4-10(8-16-13)17-21(18,19)12-6-11(7-14-2)15-9-12/h4-6,8-9,14-15,17H,3,7H2,1-2H3. The third-order valence-corrected chi connectivity index (χ3v) is 4.04. The molecule has 0 aliphatic carbocycles. The second-order valence-electron chi connectivity index (χ2n) is 4.31. The van der Waals surface area contributed by atoms with Gasteiger partial charge in [0.2, 0.25) is 5.88 Å². The fourth-order valence-corrected chi connectivity index (χ4v) is 2.81. The second kappa shape index (κ2) is 6.59. The predicted octanol–water partition coefficient (Wildman–Crippen LogP) is 1.33. The van der Waals surface area contributed by atoms with Crippen molar-refractivity contribution in [1.29, 1.82) is 0 Å². The van der Waals surface area contributed by atoms with Crippen LogP contribution in [-0.2, 0) is 16.6 Å². The van der Waals surface area contributed by atoms with Gasteiger partial charge in [0.05, 0.1) is 18.5 Å². The van der Waals surface area contributed by atoms with Gasteiger partial charge in [-0.2, -0.15) is 0 Å². The van der Waals surface area contributed by atoms with Crippen LogP contribution in [0.5, 0.6) is 5.88 Å². The van der Waals surface area contributed by atoms with Crippen molar-refractivity contribution in [3.8, 4) is 5.88 Å². The highest BCUT2D eigenvalue weighted by Gasteiger charge is 2.16. The molecule has 8 heteroatoms. The number of hydrogen-bond acceptors (Lipinski definition) is 5. The Morgan fingerprint density at radius 2 is 2.19 bits per heavy atom. The summed E-state index contributed by atoms with van der Waals surface area (Å²) in [6.07, 6.45) is 2.88. The van der Waals surface area contributed by atoms with Crippen LogP contribution in [0.1, 0.15) is 12.6 Å². The molecule has 0 saturated carbocycles. The summed E-state index contributed by atoms with van der Waals surface area (Å²) < 4.78 is 32.1. The Labute approximate surface area is 123 Å². The number of ether oxygens (including phenoxy) is 1. The van der Waals surface area contributed by atoms with Crippen molar-refractivity contribution in [3.05, 3.63) is 36.3 Å². The molecule has 114 valence electrons. The lowest BCUT2D eigenvalue weighted by Gasteiger charge is -2.07. The van der Waals surface area contributed by atoms with E-state index in [2.05, 4.69) is 20.0 Å². The smallest absolute Gasteiger partial charge is 0.263 e. The lowest BCUT2D eigenvalue weighted by Crippen LogP contribution is -2.12. The first-order valence-electron chi connectivity index (χ1n) is 6.48. The number of H-pyrrole nitrogens is 1.